The van der Waals surface area contributed by atoms with Crippen LogP contribution < -0.4 is 19.7 Å². The van der Waals surface area contributed by atoms with E-state index in [4.69, 9.17) is 14.7 Å². The zero-order chi connectivity index (χ0) is 24.4. The largest absolute Gasteiger partial charge is 0.493 e. The van der Waals surface area contributed by atoms with E-state index in [1.165, 1.54) is 50.6 Å². The van der Waals surface area contributed by atoms with E-state index in [9.17, 15) is 18.4 Å². The maximum absolute atomic E-state index is 13.8. The lowest BCUT2D eigenvalue weighted by Crippen LogP contribution is -2.32. The van der Waals surface area contributed by atoms with Gasteiger partial charge in [-0.15, -0.1) is 0 Å². The first-order valence-corrected chi connectivity index (χ1v) is 9.95. The van der Waals surface area contributed by atoms with Gasteiger partial charge < -0.3 is 14.8 Å². The number of halogens is 2. The number of hydrogen-bond donors (Lipinski definition) is 1. The summed E-state index contributed by atoms with van der Waals surface area (Å²) in [4.78, 5) is 27.8. The molecule has 4 rings (SSSR count). The summed E-state index contributed by atoms with van der Waals surface area (Å²) in [5.41, 5.74) is 0.893. The molecule has 0 spiro atoms. The van der Waals surface area contributed by atoms with Crippen molar-refractivity contribution in [3.8, 4) is 17.6 Å². The lowest BCUT2D eigenvalue weighted by molar-refractivity contribution is -0.120. The Bertz CT molecular complexity index is 1380. The van der Waals surface area contributed by atoms with E-state index in [0.717, 1.165) is 17.0 Å². The number of carbonyl (C=O) groups excluding carboxylic acids is 2. The second-order valence-corrected chi connectivity index (χ2v) is 7.18. The minimum absolute atomic E-state index is 0.0000425. The van der Waals surface area contributed by atoms with Crippen LogP contribution in [0, 0.1) is 23.0 Å². The Kier molecular flexibility index (Phi) is 5.97. The average Bonchev–Trinajstić information content (AvgIpc) is 3.10. The first-order chi connectivity index (χ1) is 16.4. The third-order valence-electron chi connectivity index (χ3n) is 5.20. The summed E-state index contributed by atoms with van der Waals surface area (Å²) < 4.78 is 37.7. The molecule has 0 saturated heterocycles. The first-order valence-electron chi connectivity index (χ1n) is 9.95. The molecule has 3 aromatic carbocycles. The fourth-order valence-electron chi connectivity index (χ4n) is 3.54. The van der Waals surface area contributed by atoms with Crippen LogP contribution in [-0.4, -0.2) is 26.0 Å². The maximum Gasteiger partial charge on any atom is 0.282 e. The summed E-state index contributed by atoms with van der Waals surface area (Å²) in [7, 11) is 2.89. The smallest absolute Gasteiger partial charge is 0.282 e. The summed E-state index contributed by atoms with van der Waals surface area (Å²) in [5, 5.41) is 11.8. The number of rotatable bonds is 6. The van der Waals surface area contributed by atoms with Crippen LogP contribution in [0.3, 0.4) is 0 Å². The quantitative estimate of drug-likeness (QED) is 0.552. The van der Waals surface area contributed by atoms with E-state index in [1.54, 1.807) is 12.1 Å². The molecule has 0 saturated carbocycles. The number of ether oxygens (including phenoxy) is 2. The van der Waals surface area contributed by atoms with Crippen molar-refractivity contribution in [1.29, 1.82) is 5.26 Å². The normalized spacial score (nSPS) is 13.2. The van der Waals surface area contributed by atoms with Gasteiger partial charge in [0.05, 0.1) is 37.1 Å². The van der Waals surface area contributed by atoms with E-state index in [0.29, 0.717) is 22.6 Å². The maximum atomic E-state index is 13.8. The second kappa shape index (κ2) is 9.03. The van der Waals surface area contributed by atoms with Gasteiger partial charge in [0, 0.05) is 11.8 Å². The lowest BCUT2D eigenvalue weighted by Gasteiger charge is -2.15. The summed E-state index contributed by atoms with van der Waals surface area (Å²) in [6.07, 6.45) is 0. The summed E-state index contributed by atoms with van der Waals surface area (Å²) >= 11 is 0. The highest BCUT2D eigenvalue weighted by atomic mass is 19.2. The van der Waals surface area contributed by atoms with Gasteiger partial charge >= 0.3 is 0 Å². The second-order valence-electron chi connectivity index (χ2n) is 7.18. The van der Waals surface area contributed by atoms with E-state index in [2.05, 4.69) is 5.32 Å². The minimum Gasteiger partial charge on any atom is -0.493 e. The molecular weight excluding hydrogens is 444 g/mol. The van der Waals surface area contributed by atoms with Gasteiger partial charge in [0.15, 0.2) is 23.1 Å². The highest BCUT2D eigenvalue weighted by Crippen LogP contribution is 2.37. The lowest BCUT2D eigenvalue weighted by atomic mass is 10.0. The Balaban J connectivity index is 1.85. The monoisotopic (exact) mass is 461 g/mol. The van der Waals surface area contributed by atoms with Crippen LogP contribution >= 0.6 is 0 Å². The van der Waals surface area contributed by atoms with Gasteiger partial charge in [-0.1, -0.05) is 6.07 Å². The number of carbonyl (C=O) groups is 2. The molecule has 0 aliphatic carbocycles. The fraction of sp³-hybridized carbons (Fsp3) is 0.0800. The van der Waals surface area contributed by atoms with Gasteiger partial charge in [0.25, 0.3) is 11.8 Å². The Morgan fingerprint density at radius 1 is 0.853 bits per heavy atom. The summed E-state index contributed by atoms with van der Waals surface area (Å²) in [6, 6.07) is 15.6. The zero-order valence-electron chi connectivity index (χ0n) is 18.1. The first kappa shape index (κ1) is 22.5. The van der Waals surface area contributed by atoms with Crippen molar-refractivity contribution >= 4 is 28.8 Å². The molecule has 0 atom stereocenters. The van der Waals surface area contributed by atoms with E-state index < -0.39 is 23.4 Å². The van der Waals surface area contributed by atoms with Crippen LogP contribution in [0.25, 0.3) is 5.57 Å². The number of amides is 2. The van der Waals surface area contributed by atoms with Crippen molar-refractivity contribution < 1.29 is 27.8 Å². The van der Waals surface area contributed by atoms with Gasteiger partial charge in [0.1, 0.15) is 5.70 Å². The average molecular weight is 461 g/mol. The van der Waals surface area contributed by atoms with E-state index >= 15 is 0 Å². The predicted molar refractivity (Wildman–Crippen MR) is 120 cm³/mol. The molecule has 9 heteroatoms. The molecule has 0 bridgehead atoms. The van der Waals surface area contributed by atoms with Crippen molar-refractivity contribution in [3.05, 3.63) is 89.1 Å². The Morgan fingerprint density at radius 2 is 1.56 bits per heavy atom. The molecule has 1 aliphatic rings. The minimum atomic E-state index is -1.11. The number of nitriles is 1. The highest BCUT2D eigenvalue weighted by Gasteiger charge is 2.40. The molecule has 1 N–H and O–H groups in total. The van der Waals surface area contributed by atoms with Crippen LogP contribution in [0.15, 0.2) is 66.4 Å². The molecule has 34 heavy (non-hydrogen) atoms. The molecule has 7 nitrogen and oxygen atoms in total. The van der Waals surface area contributed by atoms with Crippen molar-refractivity contribution in [3.63, 3.8) is 0 Å². The van der Waals surface area contributed by atoms with Crippen LogP contribution in [0.2, 0.25) is 0 Å². The third kappa shape index (κ3) is 3.93. The third-order valence-corrected chi connectivity index (χ3v) is 5.20. The molecule has 2 amide bonds. The van der Waals surface area contributed by atoms with Gasteiger partial charge in [-0.05, 0) is 54.1 Å². The number of methoxy groups -OCH3 is 2. The number of benzene rings is 3. The van der Waals surface area contributed by atoms with Crippen LogP contribution in [0.1, 0.15) is 11.1 Å². The number of imide groups is 1. The standard InChI is InChI=1S/C25H17F2N3O4/c1-33-20-10-5-15(11-21(20)34-2)22-23(29-16-6-9-18(26)19(27)12-16)25(32)30(24(22)31)17-7-3-14(13-28)4-8-17/h3-12,29H,1-2H3. The zero-order valence-corrected chi connectivity index (χ0v) is 18.1. The molecule has 3 aromatic rings. The molecule has 0 aromatic heterocycles. The number of hydrogen-bond acceptors (Lipinski definition) is 6. The number of nitrogens with one attached hydrogen (secondary N) is 1. The molecule has 1 heterocycles. The van der Waals surface area contributed by atoms with Crippen molar-refractivity contribution in [1.82, 2.24) is 0 Å². The van der Waals surface area contributed by atoms with E-state index in [-0.39, 0.29) is 22.6 Å². The molecule has 0 fully saturated rings. The topological polar surface area (TPSA) is 91.7 Å². The number of anilines is 2. The Hall–Kier alpha value is -4.71. The van der Waals surface area contributed by atoms with Crippen LogP contribution in [0.4, 0.5) is 20.2 Å². The van der Waals surface area contributed by atoms with Crippen LogP contribution in [0.5, 0.6) is 11.5 Å². The van der Waals surface area contributed by atoms with Crippen molar-refractivity contribution in [2.45, 2.75) is 0 Å². The number of nitrogens with zero attached hydrogens (tertiary/aromatic N) is 2. The van der Waals surface area contributed by atoms with Gasteiger partial charge in [0.2, 0.25) is 0 Å². The Labute approximate surface area is 193 Å². The van der Waals surface area contributed by atoms with Gasteiger partial charge in [-0.2, -0.15) is 5.26 Å². The highest BCUT2D eigenvalue weighted by molar-refractivity contribution is 6.46. The van der Waals surface area contributed by atoms with Gasteiger partial charge in [-0.25, -0.2) is 13.7 Å². The van der Waals surface area contributed by atoms with E-state index in [1.807, 2.05) is 6.07 Å². The van der Waals surface area contributed by atoms with Gasteiger partial charge in [-0.3, -0.25) is 9.59 Å². The summed E-state index contributed by atoms with van der Waals surface area (Å²) in [6.45, 7) is 0. The SMILES string of the molecule is COc1ccc(C2=C(Nc3ccc(F)c(F)c3)C(=O)N(c3ccc(C#N)cc3)C2=O)cc1OC. The van der Waals surface area contributed by atoms with Crippen molar-refractivity contribution in [2.24, 2.45) is 0 Å². The summed E-state index contributed by atoms with van der Waals surface area (Å²) in [5.74, 6) is -2.76. The Morgan fingerprint density at radius 3 is 2.18 bits per heavy atom. The van der Waals surface area contributed by atoms with Crippen molar-refractivity contribution in [2.75, 3.05) is 24.4 Å². The molecule has 0 radical (unpaired) electrons. The predicted octanol–water partition coefficient (Wildman–Crippen LogP) is 4.25. The fourth-order valence-corrected chi connectivity index (χ4v) is 3.54. The molecule has 1 aliphatic heterocycles. The molecular formula is C25H17F2N3O4. The van der Waals surface area contributed by atoms with Crippen LogP contribution in [-0.2, 0) is 9.59 Å². The molecule has 170 valence electrons. The molecule has 0 unspecified atom stereocenters.